The van der Waals surface area contributed by atoms with Crippen molar-refractivity contribution in [1.29, 1.82) is 0 Å². The molecular formula is C39H59N12O18+. The Bertz CT molecular complexity index is 2090. The van der Waals surface area contributed by atoms with Gasteiger partial charge in [-0.2, -0.15) is 0 Å². The maximum atomic E-state index is 13.7. The van der Waals surface area contributed by atoms with Gasteiger partial charge in [0, 0.05) is 51.6 Å². The van der Waals surface area contributed by atoms with Crippen LogP contribution in [-0.2, 0) is 74.1 Å². The van der Waals surface area contributed by atoms with Crippen molar-refractivity contribution in [2.24, 2.45) is 5.73 Å². The number of aliphatic carboxylic acids is 7. The van der Waals surface area contributed by atoms with Gasteiger partial charge in [0.1, 0.15) is 63.0 Å². The molecule has 0 spiro atoms. The number of rotatable bonds is 32. The molecule has 12 N–H and O–H groups in total. The topological polar surface area (TPSA) is 437 Å². The van der Waals surface area contributed by atoms with Crippen molar-refractivity contribution in [2.45, 2.75) is 96.0 Å². The van der Waals surface area contributed by atoms with E-state index in [1.165, 1.54) is 33.9 Å². The van der Waals surface area contributed by atoms with Crippen LogP contribution in [-0.4, -0.2) is 210 Å². The molecule has 2 rings (SSSR count). The van der Waals surface area contributed by atoms with Gasteiger partial charge in [-0.05, 0) is 25.7 Å². The first-order chi connectivity index (χ1) is 32.1. The molecule has 0 saturated heterocycles. The second kappa shape index (κ2) is 26.0. The van der Waals surface area contributed by atoms with Crippen LogP contribution in [0.15, 0.2) is 24.8 Å². The van der Waals surface area contributed by atoms with E-state index >= 15 is 0 Å². The number of nitrogens with one attached hydrogen (secondary N) is 3. The van der Waals surface area contributed by atoms with Gasteiger partial charge in [-0.25, -0.2) is 29.3 Å². The molecule has 30 heteroatoms. The van der Waals surface area contributed by atoms with Crippen molar-refractivity contribution >= 4 is 65.5 Å². The molecule has 69 heavy (non-hydrogen) atoms. The van der Waals surface area contributed by atoms with E-state index in [0.717, 1.165) is 0 Å². The van der Waals surface area contributed by atoms with Crippen LogP contribution >= 0.6 is 0 Å². The minimum atomic E-state index is -1.60. The van der Waals surface area contributed by atoms with Crippen molar-refractivity contribution in [1.82, 2.24) is 49.8 Å². The first-order valence-corrected chi connectivity index (χ1v) is 20.9. The molecule has 0 aromatic carbocycles. The number of imidazole rings is 2. The number of likely N-dealkylation sites (N-methyl/N-ethyl adjacent to an activating group) is 1. The van der Waals surface area contributed by atoms with E-state index < -0.39 is 142 Å². The Morgan fingerprint density at radius 2 is 1.06 bits per heavy atom. The molecule has 382 valence electrons. The third-order valence-corrected chi connectivity index (χ3v) is 11.1. The number of carboxylic acid groups (broad SMARTS) is 7. The molecule has 3 atom stereocenters. The smallest absolute Gasteiger partial charge is 0.326 e. The fraction of sp³-hybridized carbons (Fsp3) is 0.564. The van der Waals surface area contributed by atoms with Crippen LogP contribution in [0.25, 0.3) is 0 Å². The Balaban J connectivity index is 2.37. The van der Waals surface area contributed by atoms with Crippen molar-refractivity contribution in [3.8, 4) is 0 Å². The molecular weight excluding hydrogens is 924 g/mol. The average Bonchev–Trinajstić information content (AvgIpc) is 3.87. The molecule has 0 bridgehead atoms. The molecule has 2 aromatic rings. The molecule has 0 aliphatic rings. The molecule has 5 amide bonds. The summed E-state index contributed by atoms with van der Waals surface area (Å²) in [5.74, 6) is -12.2. The maximum absolute atomic E-state index is 13.7. The van der Waals surface area contributed by atoms with Crippen molar-refractivity contribution in [2.75, 3.05) is 46.8 Å². The summed E-state index contributed by atoms with van der Waals surface area (Å²) in [4.78, 5) is 144. The van der Waals surface area contributed by atoms with E-state index in [0.29, 0.717) is 9.80 Å². The summed E-state index contributed by atoms with van der Waals surface area (Å²) in [5.41, 5.74) is 5.37. The van der Waals surface area contributed by atoms with Gasteiger partial charge in [0.25, 0.3) is 5.91 Å². The number of unbranched alkanes of at least 4 members (excludes halogenated alkanes) is 1. The summed E-state index contributed by atoms with van der Waals surface area (Å²) in [6.07, 6.45) is 3.21. The van der Waals surface area contributed by atoms with Gasteiger partial charge in [0.2, 0.25) is 18.0 Å². The second-order valence-corrected chi connectivity index (χ2v) is 16.5. The lowest BCUT2D eigenvalue weighted by Gasteiger charge is -2.52. The number of urea groups is 1. The number of nitrogens with two attached hydrogens (primary N) is 1. The molecule has 0 aliphatic carbocycles. The predicted molar refractivity (Wildman–Crippen MR) is 230 cm³/mol. The molecule has 0 saturated carbocycles. The van der Waals surface area contributed by atoms with Crippen LogP contribution in [0.5, 0.6) is 0 Å². The fourth-order valence-corrected chi connectivity index (χ4v) is 6.59. The van der Waals surface area contributed by atoms with Crippen LogP contribution in [0.3, 0.4) is 0 Å². The normalized spacial score (nSPS) is 12.8. The first kappa shape index (κ1) is 57.4. The average molecular weight is 984 g/mol. The number of hydrogen-bond acceptors (Lipinski definition) is 15. The molecule has 2 aromatic heterocycles. The summed E-state index contributed by atoms with van der Waals surface area (Å²) in [5, 5.41) is 71.8. The Morgan fingerprint density at radius 1 is 0.652 bits per heavy atom. The molecule has 0 fully saturated rings. The van der Waals surface area contributed by atoms with Crippen molar-refractivity contribution < 1.29 is 93.0 Å². The van der Waals surface area contributed by atoms with E-state index in [-0.39, 0.29) is 55.0 Å². The number of hydrogen-bond donors (Lipinski definition) is 11. The largest absolute Gasteiger partial charge is 0.481 e. The molecule has 0 radical (unpaired) electrons. The highest BCUT2D eigenvalue weighted by Crippen LogP contribution is 2.30. The first-order valence-electron chi connectivity index (χ1n) is 20.9. The van der Waals surface area contributed by atoms with Crippen LogP contribution < -0.4 is 21.7 Å². The number of aromatic nitrogens is 4. The highest BCUT2D eigenvalue weighted by atomic mass is 16.4. The highest BCUT2D eigenvalue weighted by molar-refractivity contribution is 5.87. The predicted octanol–water partition coefficient (Wildman–Crippen LogP) is -3.47. The Kier molecular flexibility index (Phi) is 21.6. The van der Waals surface area contributed by atoms with E-state index in [1.54, 1.807) is 32.8 Å². The van der Waals surface area contributed by atoms with Crippen LogP contribution in [0.1, 0.15) is 57.6 Å². The zero-order valence-electron chi connectivity index (χ0n) is 38.2. The zero-order chi connectivity index (χ0) is 52.4. The third kappa shape index (κ3) is 18.1. The zero-order valence-corrected chi connectivity index (χ0v) is 38.2. The molecule has 0 aliphatic heterocycles. The fourth-order valence-electron chi connectivity index (χ4n) is 6.59. The molecule has 2 heterocycles. The number of carboxylic acids is 7. The van der Waals surface area contributed by atoms with E-state index in [1.807, 2.05) is 5.32 Å². The summed E-state index contributed by atoms with van der Waals surface area (Å²) in [7, 11) is 3.22. The molecule has 3 unspecified atom stereocenters. The Morgan fingerprint density at radius 3 is 1.43 bits per heavy atom. The van der Waals surface area contributed by atoms with E-state index in [4.69, 9.17) is 10.8 Å². The number of quaternary nitrogens is 1. The summed E-state index contributed by atoms with van der Waals surface area (Å²) in [6.45, 7) is -1.73. The van der Waals surface area contributed by atoms with Crippen molar-refractivity contribution in [3.05, 3.63) is 36.4 Å². The number of carbonyl (C=O) groups excluding carboxylic acids is 4. The van der Waals surface area contributed by atoms with E-state index in [2.05, 4.69) is 20.6 Å². The second-order valence-electron chi connectivity index (χ2n) is 16.5. The monoisotopic (exact) mass is 983 g/mol. The number of carbonyl (C=O) groups is 11. The lowest BCUT2D eigenvalue weighted by molar-refractivity contribution is -0.965. The third-order valence-electron chi connectivity index (χ3n) is 11.1. The van der Waals surface area contributed by atoms with Gasteiger partial charge in [-0.3, -0.25) is 48.6 Å². The van der Waals surface area contributed by atoms with Crippen molar-refractivity contribution in [3.63, 3.8) is 0 Å². The van der Waals surface area contributed by atoms with E-state index in [9.17, 15) is 83.4 Å². The number of nitrogens with zero attached hydrogens (tertiary/aromatic N) is 8. The van der Waals surface area contributed by atoms with Crippen LogP contribution in [0.4, 0.5) is 4.79 Å². The van der Waals surface area contributed by atoms with Gasteiger partial charge in [-0.1, -0.05) is 0 Å². The van der Waals surface area contributed by atoms with Gasteiger partial charge in [-0.15, -0.1) is 0 Å². The minimum Gasteiger partial charge on any atom is -0.481 e. The lowest BCUT2D eigenvalue weighted by Crippen LogP contribution is -2.73. The van der Waals surface area contributed by atoms with Gasteiger partial charge in [0.05, 0.1) is 27.2 Å². The summed E-state index contributed by atoms with van der Waals surface area (Å²) in [6, 6.07) is -4.23. The SMILES string of the molecule is CC(C)(N(Cc1nccn1CC(=O)N(CC(=O)O)CC(=O)O)Cc1nccn1CC(=O)N(CC(=O)O)CC(=O)O)[N+](C)(C)C(N)C(=O)NCCCCC(NC(=O)NC(CCC(=O)O)C(=O)O)C(=O)O. The Hall–Kier alpha value is -7.73. The maximum Gasteiger partial charge on any atom is 0.326 e. The highest BCUT2D eigenvalue weighted by Gasteiger charge is 2.49. The van der Waals surface area contributed by atoms with Gasteiger partial charge >= 0.3 is 47.8 Å². The molecule has 30 nitrogen and oxygen atoms in total. The number of amides is 5. The van der Waals surface area contributed by atoms with Gasteiger partial charge < -0.3 is 70.6 Å². The quantitative estimate of drug-likeness (QED) is 0.0193. The standard InChI is InChI=1S/C39H58N12O18/c1-39(2,51(3,4)34(40)35(64)43-10-6-5-7-23(36(65)66)44-38(69)45-24(37(67)68)8-9-29(54)55)50(15-25-41-11-13-46(25)17-27(52)48(19-30(56)57)20-31(58)59)16-26-42-12-14-47(26)18-28(53)49(21-32(60)61)22-33(62)63/h11-14,23-24,34H,5-10,15-22,40H2,1-4H3,(H9-,43,44,45,54,55,56,57,58,59,60,61,62,63,64,65,66,67,68,69)/p+1. The Labute approximate surface area is 392 Å². The summed E-state index contributed by atoms with van der Waals surface area (Å²) >= 11 is 0. The minimum absolute atomic E-state index is 0.0238. The lowest BCUT2D eigenvalue weighted by atomic mass is 10.1. The van der Waals surface area contributed by atoms with Crippen LogP contribution in [0.2, 0.25) is 0 Å². The van der Waals surface area contributed by atoms with Crippen LogP contribution in [0, 0.1) is 0 Å². The summed E-state index contributed by atoms with van der Waals surface area (Å²) < 4.78 is 2.34. The van der Waals surface area contributed by atoms with Gasteiger partial charge in [0.15, 0.2) is 5.66 Å².